The van der Waals surface area contributed by atoms with Crippen molar-refractivity contribution in [3.05, 3.63) is 77.4 Å². The number of benzene rings is 1. The van der Waals surface area contributed by atoms with Crippen molar-refractivity contribution >= 4 is 0 Å². The molecule has 6 nitrogen and oxygen atoms in total. The molecule has 5 rings (SSSR count). The van der Waals surface area contributed by atoms with Crippen molar-refractivity contribution in [3.63, 3.8) is 0 Å². The quantitative estimate of drug-likeness (QED) is 0.587. The highest BCUT2D eigenvalue weighted by atomic mass is 16.3. The SMILES string of the molecule is Cc1ccc(-c2[nH]ncc2CN2CCc3nc(-c4ccco4)ncc3C2)cc1. The predicted molar refractivity (Wildman–Crippen MR) is 106 cm³/mol. The number of aromatic amines is 1. The van der Waals surface area contributed by atoms with Gasteiger partial charge in [0.2, 0.25) is 0 Å². The zero-order chi connectivity index (χ0) is 18.9. The van der Waals surface area contributed by atoms with Gasteiger partial charge in [0.25, 0.3) is 0 Å². The lowest BCUT2D eigenvalue weighted by molar-refractivity contribution is 0.243. The molecular formula is C22H21N5O. The molecule has 0 atom stereocenters. The number of furan rings is 1. The Morgan fingerprint density at radius 3 is 2.86 bits per heavy atom. The second kappa shape index (κ2) is 7.05. The molecule has 1 aromatic carbocycles. The van der Waals surface area contributed by atoms with Crippen molar-refractivity contribution in [1.82, 2.24) is 25.1 Å². The van der Waals surface area contributed by atoms with Crippen LogP contribution in [-0.2, 0) is 19.5 Å². The molecule has 0 saturated heterocycles. The van der Waals surface area contributed by atoms with Crippen molar-refractivity contribution in [1.29, 1.82) is 0 Å². The Balaban J connectivity index is 1.34. The van der Waals surface area contributed by atoms with Gasteiger partial charge in [-0.3, -0.25) is 10.00 Å². The summed E-state index contributed by atoms with van der Waals surface area (Å²) in [6.45, 7) is 4.74. The fraction of sp³-hybridized carbons (Fsp3) is 0.227. The van der Waals surface area contributed by atoms with E-state index in [0.29, 0.717) is 11.6 Å². The number of H-pyrrole nitrogens is 1. The summed E-state index contributed by atoms with van der Waals surface area (Å²) in [6, 6.07) is 12.3. The summed E-state index contributed by atoms with van der Waals surface area (Å²) in [5.41, 5.74) is 7.02. The monoisotopic (exact) mass is 371 g/mol. The zero-order valence-corrected chi connectivity index (χ0v) is 15.7. The van der Waals surface area contributed by atoms with E-state index < -0.39 is 0 Å². The highest BCUT2D eigenvalue weighted by molar-refractivity contribution is 5.62. The fourth-order valence-electron chi connectivity index (χ4n) is 3.68. The maximum absolute atomic E-state index is 5.42. The molecule has 140 valence electrons. The van der Waals surface area contributed by atoms with E-state index in [9.17, 15) is 0 Å². The van der Waals surface area contributed by atoms with Crippen LogP contribution in [0.5, 0.6) is 0 Å². The molecule has 0 radical (unpaired) electrons. The van der Waals surface area contributed by atoms with Gasteiger partial charge in [-0.15, -0.1) is 0 Å². The van der Waals surface area contributed by atoms with Crippen LogP contribution < -0.4 is 0 Å². The average Bonchev–Trinajstić information content (AvgIpc) is 3.41. The van der Waals surface area contributed by atoms with Crippen molar-refractivity contribution in [2.45, 2.75) is 26.4 Å². The molecule has 0 fully saturated rings. The molecular weight excluding hydrogens is 350 g/mol. The third kappa shape index (κ3) is 3.23. The molecule has 0 unspecified atom stereocenters. The van der Waals surface area contributed by atoms with E-state index in [4.69, 9.17) is 9.40 Å². The Morgan fingerprint density at radius 1 is 1.14 bits per heavy atom. The lowest BCUT2D eigenvalue weighted by Crippen LogP contribution is -2.31. The van der Waals surface area contributed by atoms with Crippen LogP contribution in [0.3, 0.4) is 0 Å². The first-order valence-corrected chi connectivity index (χ1v) is 9.46. The lowest BCUT2D eigenvalue weighted by atomic mass is 10.0. The number of hydrogen-bond acceptors (Lipinski definition) is 5. The minimum atomic E-state index is 0.661. The van der Waals surface area contributed by atoms with Crippen molar-refractivity contribution in [2.24, 2.45) is 0 Å². The van der Waals surface area contributed by atoms with Gasteiger partial charge in [-0.2, -0.15) is 5.10 Å². The Labute approximate surface area is 163 Å². The van der Waals surface area contributed by atoms with E-state index in [0.717, 1.165) is 37.4 Å². The Hall–Kier alpha value is -3.25. The molecule has 4 aromatic rings. The molecule has 1 aliphatic heterocycles. The Bertz CT molecular complexity index is 1080. The Morgan fingerprint density at radius 2 is 2.04 bits per heavy atom. The largest absolute Gasteiger partial charge is 0.461 e. The van der Waals surface area contributed by atoms with Gasteiger partial charge in [0.1, 0.15) is 0 Å². The van der Waals surface area contributed by atoms with E-state index in [1.54, 1.807) is 6.26 Å². The van der Waals surface area contributed by atoms with Gasteiger partial charge in [0.15, 0.2) is 11.6 Å². The average molecular weight is 371 g/mol. The van der Waals surface area contributed by atoms with E-state index in [2.05, 4.69) is 51.3 Å². The summed E-state index contributed by atoms with van der Waals surface area (Å²) >= 11 is 0. The first-order valence-electron chi connectivity index (χ1n) is 9.46. The van der Waals surface area contributed by atoms with E-state index in [1.807, 2.05) is 24.5 Å². The molecule has 0 aliphatic carbocycles. The van der Waals surface area contributed by atoms with Crippen LogP contribution >= 0.6 is 0 Å². The number of hydrogen-bond donors (Lipinski definition) is 1. The third-order valence-electron chi connectivity index (χ3n) is 5.21. The molecule has 28 heavy (non-hydrogen) atoms. The molecule has 6 heteroatoms. The van der Waals surface area contributed by atoms with Crippen LogP contribution in [0.15, 0.2) is 59.5 Å². The van der Waals surface area contributed by atoms with E-state index >= 15 is 0 Å². The molecule has 1 aliphatic rings. The summed E-state index contributed by atoms with van der Waals surface area (Å²) in [4.78, 5) is 11.6. The highest BCUT2D eigenvalue weighted by Crippen LogP contribution is 2.26. The van der Waals surface area contributed by atoms with Gasteiger partial charge in [-0.1, -0.05) is 29.8 Å². The number of nitrogens with zero attached hydrogens (tertiary/aromatic N) is 4. The number of aryl methyl sites for hydroxylation is 1. The first kappa shape index (κ1) is 16.9. The fourth-order valence-corrected chi connectivity index (χ4v) is 3.68. The summed E-state index contributed by atoms with van der Waals surface area (Å²) in [7, 11) is 0. The van der Waals surface area contributed by atoms with Crippen LogP contribution in [0.25, 0.3) is 22.8 Å². The van der Waals surface area contributed by atoms with E-state index in [-0.39, 0.29) is 0 Å². The van der Waals surface area contributed by atoms with Crippen LogP contribution in [0.1, 0.15) is 22.4 Å². The first-order chi connectivity index (χ1) is 13.8. The standard InChI is InChI=1S/C22H21N5O/c1-15-4-6-16(7-5-15)21-18(12-24-26-21)14-27-9-8-19-17(13-27)11-23-22(25-19)20-3-2-10-28-20/h2-7,10-12H,8-9,13-14H2,1H3,(H,24,26). The minimum absolute atomic E-state index is 0.661. The van der Waals surface area contributed by atoms with Gasteiger partial charge >= 0.3 is 0 Å². The predicted octanol–water partition coefficient (Wildman–Crippen LogP) is 3.99. The second-order valence-electron chi connectivity index (χ2n) is 7.24. The van der Waals surface area contributed by atoms with Gasteiger partial charge in [0.05, 0.1) is 23.8 Å². The Kier molecular flexibility index (Phi) is 4.25. The lowest BCUT2D eigenvalue weighted by Gasteiger charge is -2.27. The minimum Gasteiger partial charge on any atom is -0.461 e. The van der Waals surface area contributed by atoms with Crippen molar-refractivity contribution < 1.29 is 4.42 Å². The molecule has 0 spiro atoms. The summed E-state index contributed by atoms with van der Waals surface area (Å²) in [5, 5.41) is 7.45. The number of fused-ring (bicyclic) bond motifs is 1. The topological polar surface area (TPSA) is 70.8 Å². The summed E-state index contributed by atoms with van der Waals surface area (Å²) in [5.74, 6) is 1.38. The van der Waals surface area contributed by atoms with Gasteiger partial charge in [0, 0.05) is 43.4 Å². The maximum Gasteiger partial charge on any atom is 0.195 e. The maximum atomic E-state index is 5.42. The van der Waals surface area contributed by atoms with Crippen molar-refractivity contribution in [3.8, 4) is 22.8 Å². The molecule has 3 aromatic heterocycles. The zero-order valence-electron chi connectivity index (χ0n) is 15.7. The summed E-state index contributed by atoms with van der Waals surface area (Å²) < 4.78 is 5.42. The molecule has 0 amide bonds. The van der Waals surface area contributed by atoms with Gasteiger partial charge in [-0.25, -0.2) is 9.97 Å². The van der Waals surface area contributed by atoms with Gasteiger partial charge < -0.3 is 4.42 Å². The van der Waals surface area contributed by atoms with Gasteiger partial charge in [-0.05, 0) is 24.6 Å². The summed E-state index contributed by atoms with van der Waals surface area (Å²) in [6.07, 6.45) is 6.42. The molecule has 4 heterocycles. The normalized spacial score (nSPS) is 14.2. The van der Waals surface area contributed by atoms with Crippen LogP contribution in [0, 0.1) is 6.92 Å². The van der Waals surface area contributed by atoms with E-state index in [1.165, 1.54) is 22.3 Å². The molecule has 1 N–H and O–H groups in total. The third-order valence-corrected chi connectivity index (χ3v) is 5.21. The number of nitrogens with one attached hydrogen (secondary N) is 1. The van der Waals surface area contributed by atoms with Crippen LogP contribution in [0.4, 0.5) is 0 Å². The number of aromatic nitrogens is 4. The molecule has 0 bridgehead atoms. The van der Waals surface area contributed by atoms with Crippen LogP contribution in [-0.4, -0.2) is 31.6 Å². The molecule has 0 saturated carbocycles. The highest BCUT2D eigenvalue weighted by Gasteiger charge is 2.21. The second-order valence-corrected chi connectivity index (χ2v) is 7.24. The van der Waals surface area contributed by atoms with Crippen molar-refractivity contribution in [2.75, 3.05) is 6.54 Å². The van der Waals surface area contributed by atoms with Crippen LogP contribution in [0.2, 0.25) is 0 Å². The smallest absolute Gasteiger partial charge is 0.195 e. The number of rotatable bonds is 4.